The third kappa shape index (κ3) is 4.60. The SMILES string of the molecule is CCCN(CC(F)(F)F)c1cnc(C(N)=NO)cn1. The summed E-state index contributed by atoms with van der Waals surface area (Å²) in [6.45, 7) is 0.872. The van der Waals surface area contributed by atoms with Crippen molar-refractivity contribution in [2.24, 2.45) is 10.9 Å². The van der Waals surface area contributed by atoms with Crippen molar-refractivity contribution in [2.45, 2.75) is 19.5 Å². The zero-order chi connectivity index (χ0) is 14.5. The van der Waals surface area contributed by atoms with Crippen LogP contribution >= 0.6 is 0 Å². The number of nitrogens with two attached hydrogens (primary N) is 1. The Morgan fingerprint density at radius 2 is 2.11 bits per heavy atom. The number of amidine groups is 1. The Labute approximate surface area is 107 Å². The van der Waals surface area contributed by atoms with E-state index < -0.39 is 12.7 Å². The molecule has 1 rings (SSSR count). The lowest BCUT2D eigenvalue weighted by molar-refractivity contribution is -0.119. The second kappa shape index (κ2) is 6.21. The molecular formula is C10H14F3N5O. The molecule has 1 heterocycles. The van der Waals surface area contributed by atoms with E-state index in [1.165, 1.54) is 0 Å². The molecule has 6 nitrogen and oxygen atoms in total. The van der Waals surface area contributed by atoms with E-state index in [2.05, 4.69) is 15.1 Å². The van der Waals surface area contributed by atoms with E-state index in [0.717, 1.165) is 17.3 Å². The smallest absolute Gasteiger partial charge is 0.405 e. The Bertz CT molecular complexity index is 432. The van der Waals surface area contributed by atoms with Gasteiger partial charge in [-0.05, 0) is 6.42 Å². The number of anilines is 1. The van der Waals surface area contributed by atoms with Crippen LogP contribution in [0, 0.1) is 0 Å². The number of rotatable bonds is 5. The van der Waals surface area contributed by atoms with Crippen LogP contribution in [0.15, 0.2) is 17.5 Å². The van der Waals surface area contributed by atoms with Crippen molar-refractivity contribution in [1.82, 2.24) is 9.97 Å². The van der Waals surface area contributed by atoms with Crippen molar-refractivity contribution in [2.75, 3.05) is 18.0 Å². The molecular weight excluding hydrogens is 263 g/mol. The molecule has 0 bridgehead atoms. The molecule has 3 N–H and O–H groups in total. The van der Waals surface area contributed by atoms with E-state index in [4.69, 9.17) is 10.9 Å². The minimum Gasteiger partial charge on any atom is -0.409 e. The predicted molar refractivity (Wildman–Crippen MR) is 63.1 cm³/mol. The van der Waals surface area contributed by atoms with Gasteiger partial charge in [-0.25, -0.2) is 9.97 Å². The average molecular weight is 277 g/mol. The van der Waals surface area contributed by atoms with Crippen molar-refractivity contribution >= 4 is 11.7 Å². The molecule has 9 heteroatoms. The fraction of sp³-hybridized carbons (Fsp3) is 0.500. The Balaban J connectivity index is 2.91. The largest absolute Gasteiger partial charge is 0.409 e. The fourth-order valence-corrected chi connectivity index (χ4v) is 1.43. The molecule has 1 aromatic heterocycles. The van der Waals surface area contributed by atoms with Crippen LogP contribution in [0.3, 0.4) is 0 Å². The van der Waals surface area contributed by atoms with Crippen LogP contribution in [-0.4, -0.2) is 40.3 Å². The molecule has 0 atom stereocenters. The normalized spacial score (nSPS) is 12.5. The number of halogens is 3. The first-order valence-corrected chi connectivity index (χ1v) is 5.49. The molecule has 0 fully saturated rings. The highest BCUT2D eigenvalue weighted by atomic mass is 19.4. The van der Waals surface area contributed by atoms with E-state index in [9.17, 15) is 13.2 Å². The summed E-state index contributed by atoms with van der Waals surface area (Å²) in [7, 11) is 0. The lowest BCUT2D eigenvalue weighted by atomic mass is 10.3. The van der Waals surface area contributed by atoms with Crippen molar-refractivity contribution < 1.29 is 18.4 Å². The average Bonchev–Trinajstić information content (AvgIpc) is 2.36. The molecule has 0 saturated carbocycles. The highest BCUT2D eigenvalue weighted by Gasteiger charge is 2.31. The van der Waals surface area contributed by atoms with Crippen molar-refractivity contribution in [3.8, 4) is 0 Å². The molecule has 0 unspecified atom stereocenters. The molecule has 0 spiro atoms. The van der Waals surface area contributed by atoms with E-state index in [1.54, 1.807) is 6.92 Å². The molecule has 0 aliphatic heterocycles. The second-order valence-corrected chi connectivity index (χ2v) is 3.78. The van der Waals surface area contributed by atoms with Crippen LogP contribution in [0.1, 0.15) is 19.0 Å². The summed E-state index contributed by atoms with van der Waals surface area (Å²) in [5.41, 5.74) is 5.38. The molecule has 0 aromatic carbocycles. The predicted octanol–water partition coefficient (Wildman–Crippen LogP) is 1.35. The first kappa shape index (κ1) is 15.0. The summed E-state index contributed by atoms with van der Waals surface area (Å²) in [4.78, 5) is 8.71. The lowest BCUT2D eigenvalue weighted by Crippen LogP contribution is -2.35. The first-order valence-electron chi connectivity index (χ1n) is 5.49. The summed E-state index contributed by atoms with van der Waals surface area (Å²) in [6.07, 6.45) is -1.46. The van der Waals surface area contributed by atoms with Gasteiger partial charge in [-0.1, -0.05) is 12.1 Å². The van der Waals surface area contributed by atoms with Gasteiger partial charge in [0.1, 0.15) is 18.1 Å². The quantitative estimate of drug-likeness (QED) is 0.367. The Kier molecular flexibility index (Phi) is 4.90. The molecule has 1 aromatic rings. The van der Waals surface area contributed by atoms with Crippen LogP contribution in [0.5, 0.6) is 0 Å². The first-order chi connectivity index (χ1) is 8.87. The van der Waals surface area contributed by atoms with Gasteiger partial charge in [0.2, 0.25) is 0 Å². The summed E-state index contributed by atoms with van der Waals surface area (Å²) in [5, 5.41) is 11.2. The molecule has 0 amide bonds. The topological polar surface area (TPSA) is 87.6 Å². The third-order valence-corrected chi connectivity index (χ3v) is 2.20. The van der Waals surface area contributed by atoms with Gasteiger partial charge in [-0.15, -0.1) is 0 Å². The maximum Gasteiger partial charge on any atom is 0.405 e. The standard InChI is InChI=1S/C10H14F3N5O/c1-2-3-18(6-10(11,12)13)8-5-15-7(4-16-8)9(14)17-19/h4-5,19H,2-3,6H2,1H3,(H2,14,17). The van der Waals surface area contributed by atoms with Crippen molar-refractivity contribution in [3.05, 3.63) is 18.1 Å². The van der Waals surface area contributed by atoms with Crippen molar-refractivity contribution in [3.63, 3.8) is 0 Å². The minimum atomic E-state index is -4.32. The number of alkyl halides is 3. The van der Waals surface area contributed by atoms with Gasteiger partial charge >= 0.3 is 6.18 Å². The molecule has 0 aliphatic carbocycles. The maximum atomic E-state index is 12.4. The van der Waals surface area contributed by atoms with Crippen LogP contribution in [0.25, 0.3) is 0 Å². The van der Waals surface area contributed by atoms with Gasteiger partial charge in [0.15, 0.2) is 5.84 Å². The molecule has 0 radical (unpaired) electrons. The summed E-state index contributed by atoms with van der Waals surface area (Å²) in [5.74, 6) is -0.162. The van der Waals surface area contributed by atoms with Gasteiger partial charge in [0.05, 0.1) is 12.4 Å². The number of hydrogen-bond donors (Lipinski definition) is 2. The maximum absolute atomic E-state index is 12.4. The van der Waals surface area contributed by atoms with E-state index in [0.29, 0.717) is 6.42 Å². The van der Waals surface area contributed by atoms with Gasteiger partial charge < -0.3 is 15.8 Å². The molecule has 19 heavy (non-hydrogen) atoms. The number of oxime groups is 1. The molecule has 0 saturated heterocycles. The van der Waals surface area contributed by atoms with Crippen molar-refractivity contribution in [1.29, 1.82) is 0 Å². The molecule has 106 valence electrons. The Hall–Kier alpha value is -2.06. The summed E-state index contributed by atoms with van der Waals surface area (Å²) in [6, 6.07) is 0. The minimum absolute atomic E-state index is 0.0914. The van der Waals surface area contributed by atoms with Gasteiger partial charge in [-0.3, -0.25) is 0 Å². The summed E-state index contributed by atoms with van der Waals surface area (Å²) < 4.78 is 37.2. The Morgan fingerprint density at radius 1 is 1.42 bits per heavy atom. The fourth-order valence-electron chi connectivity index (χ4n) is 1.43. The van der Waals surface area contributed by atoms with Gasteiger partial charge in [0.25, 0.3) is 0 Å². The number of hydrogen-bond acceptors (Lipinski definition) is 5. The number of nitrogens with zero attached hydrogens (tertiary/aromatic N) is 4. The highest BCUT2D eigenvalue weighted by Crippen LogP contribution is 2.20. The third-order valence-electron chi connectivity index (χ3n) is 2.20. The van der Waals surface area contributed by atoms with E-state index in [1.807, 2.05) is 0 Å². The van der Waals surface area contributed by atoms with Gasteiger partial charge in [0, 0.05) is 6.54 Å². The van der Waals surface area contributed by atoms with E-state index >= 15 is 0 Å². The van der Waals surface area contributed by atoms with E-state index in [-0.39, 0.29) is 23.9 Å². The molecule has 0 aliphatic rings. The van der Waals surface area contributed by atoms with Crippen LogP contribution in [-0.2, 0) is 0 Å². The van der Waals surface area contributed by atoms with Crippen LogP contribution in [0.2, 0.25) is 0 Å². The second-order valence-electron chi connectivity index (χ2n) is 3.78. The zero-order valence-electron chi connectivity index (χ0n) is 10.2. The monoisotopic (exact) mass is 277 g/mol. The van der Waals surface area contributed by atoms with Gasteiger partial charge in [-0.2, -0.15) is 13.2 Å². The number of aromatic nitrogens is 2. The highest BCUT2D eigenvalue weighted by molar-refractivity contribution is 5.94. The summed E-state index contributed by atoms with van der Waals surface area (Å²) >= 11 is 0. The zero-order valence-corrected chi connectivity index (χ0v) is 10.2. The Morgan fingerprint density at radius 3 is 2.53 bits per heavy atom. The lowest BCUT2D eigenvalue weighted by Gasteiger charge is -2.24. The van der Waals surface area contributed by atoms with Crippen LogP contribution < -0.4 is 10.6 Å². The van der Waals surface area contributed by atoms with Crippen LogP contribution in [0.4, 0.5) is 19.0 Å².